The molecule has 0 radical (unpaired) electrons. The number of nitrogens with zero attached hydrogens (tertiary/aromatic N) is 3. The number of hydrogen-bond donors (Lipinski definition) is 2. The summed E-state index contributed by atoms with van der Waals surface area (Å²) in [6.45, 7) is 5.86. The van der Waals surface area contributed by atoms with Gasteiger partial charge in [0.25, 0.3) is 0 Å². The number of methoxy groups -OCH3 is 1. The summed E-state index contributed by atoms with van der Waals surface area (Å²) in [7, 11) is 3.71. The molecule has 2 aromatic rings. The number of aliphatic hydroxyl groups excluding tert-OH is 2. The molecule has 1 fully saturated rings. The van der Waals surface area contributed by atoms with Crippen molar-refractivity contribution < 1.29 is 19.7 Å². The van der Waals surface area contributed by atoms with Crippen molar-refractivity contribution in [1.29, 1.82) is 0 Å². The Morgan fingerprint density at radius 2 is 2.07 bits per heavy atom. The fourth-order valence-electron chi connectivity index (χ4n) is 3.69. The van der Waals surface area contributed by atoms with Crippen LogP contribution in [0.3, 0.4) is 0 Å². The van der Waals surface area contributed by atoms with Gasteiger partial charge in [0.15, 0.2) is 0 Å². The summed E-state index contributed by atoms with van der Waals surface area (Å²) in [5.74, 6) is 1.54. The molecule has 0 spiro atoms. The number of hydrogen-bond acceptors (Lipinski definition) is 8. The van der Waals surface area contributed by atoms with Crippen molar-refractivity contribution in [2.24, 2.45) is 0 Å². The van der Waals surface area contributed by atoms with Crippen molar-refractivity contribution in [3.63, 3.8) is 0 Å². The summed E-state index contributed by atoms with van der Waals surface area (Å²) in [6, 6.07) is 5.76. The first-order chi connectivity index (χ1) is 14.4. The molecule has 0 aliphatic carbocycles. The molecular weight excluding hydrogens is 402 g/mol. The number of β-amino-alcohol motifs (C(OH)–C–C–N with tert-alkyl or cyclic N) is 1. The Labute approximate surface area is 182 Å². The molecule has 166 valence electrons. The van der Waals surface area contributed by atoms with E-state index in [9.17, 15) is 10.2 Å². The standard InChI is InChI=1S/C22H33N3O4S/c1-16-23-18(15-30-16)12-24(2)11-17-10-21(28-3)4-5-22(17)29-14-20(27)13-25-8-6-19(26)7-9-25/h4-5,10,15,19-20,26-27H,6-9,11-14H2,1-3H3/t20-/m0/s1. The highest BCUT2D eigenvalue weighted by Gasteiger charge is 2.20. The van der Waals surface area contributed by atoms with Crippen molar-refractivity contribution >= 4 is 11.3 Å². The van der Waals surface area contributed by atoms with Gasteiger partial charge in [-0.2, -0.15) is 0 Å². The van der Waals surface area contributed by atoms with E-state index in [1.165, 1.54) is 0 Å². The number of benzene rings is 1. The Morgan fingerprint density at radius 3 is 2.73 bits per heavy atom. The lowest BCUT2D eigenvalue weighted by molar-refractivity contribution is 0.0335. The van der Waals surface area contributed by atoms with Gasteiger partial charge in [-0.3, -0.25) is 4.90 Å². The van der Waals surface area contributed by atoms with Gasteiger partial charge in [-0.05, 0) is 45.0 Å². The average molecular weight is 436 g/mol. The van der Waals surface area contributed by atoms with E-state index < -0.39 is 6.10 Å². The predicted octanol–water partition coefficient (Wildman–Crippen LogP) is 2.29. The van der Waals surface area contributed by atoms with E-state index in [0.717, 1.165) is 60.2 Å². The van der Waals surface area contributed by atoms with Crippen LogP contribution in [0.15, 0.2) is 23.6 Å². The minimum Gasteiger partial charge on any atom is -0.497 e. The Bertz CT molecular complexity index is 792. The molecule has 0 unspecified atom stereocenters. The highest BCUT2D eigenvalue weighted by Crippen LogP contribution is 2.26. The third-order valence-corrected chi connectivity index (χ3v) is 6.09. The smallest absolute Gasteiger partial charge is 0.124 e. The average Bonchev–Trinajstić information content (AvgIpc) is 3.13. The van der Waals surface area contributed by atoms with Gasteiger partial charge in [-0.1, -0.05) is 0 Å². The molecule has 30 heavy (non-hydrogen) atoms. The fraction of sp³-hybridized carbons (Fsp3) is 0.591. The zero-order chi connectivity index (χ0) is 21.5. The van der Waals surface area contributed by atoms with Crippen molar-refractivity contribution in [3.05, 3.63) is 39.8 Å². The summed E-state index contributed by atoms with van der Waals surface area (Å²) in [6.07, 6.45) is 0.745. The molecule has 1 aliphatic rings. The molecule has 2 N–H and O–H groups in total. The first-order valence-electron chi connectivity index (χ1n) is 10.4. The molecule has 1 saturated heterocycles. The highest BCUT2D eigenvalue weighted by atomic mass is 32.1. The lowest BCUT2D eigenvalue weighted by atomic mass is 10.1. The second-order valence-electron chi connectivity index (χ2n) is 8.00. The van der Waals surface area contributed by atoms with E-state index in [-0.39, 0.29) is 12.7 Å². The Hall–Kier alpha value is -1.71. The molecular formula is C22H33N3O4S. The largest absolute Gasteiger partial charge is 0.497 e. The minimum absolute atomic E-state index is 0.207. The maximum absolute atomic E-state index is 10.4. The molecule has 0 saturated carbocycles. The summed E-state index contributed by atoms with van der Waals surface area (Å²) < 4.78 is 11.4. The van der Waals surface area contributed by atoms with E-state index in [0.29, 0.717) is 13.1 Å². The predicted molar refractivity (Wildman–Crippen MR) is 118 cm³/mol. The first kappa shape index (κ1) is 23.0. The SMILES string of the molecule is COc1ccc(OC[C@@H](O)CN2CCC(O)CC2)c(CN(C)Cc2csc(C)n2)c1. The van der Waals surface area contributed by atoms with E-state index in [1.54, 1.807) is 18.4 Å². The van der Waals surface area contributed by atoms with Gasteiger partial charge in [0.1, 0.15) is 24.2 Å². The molecule has 8 heteroatoms. The third kappa shape index (κ3) is 6.92. The van der Waals surface area contributed by atoms with Crippen LogP contribution in [-0.2, 0) is 13.1 Å². The normalized spacial score (nSPS) is 16.7. The zero-order valence-electron chi connectivity index (χ0n) is 18.1. The third-order valence-electron chi connectivity index (χ3n) is 5.26. The molecule has 7 nitrogen and oxygen atoms in total. The van der Waals surface area contributed by atoms with Crippen LogP contribution in [0.2, 0.25) is 0 Å². The van der Waals surface area contributed by atoms with Crippen molar-refractivity contribution in [2.45, 2.75) is 45.1 Å². The lowest BCUT2D eigenvalue weighted by Crippen LogP contribution is -2.41. The number of likely N-dealkylation sites (tertiary alicyclic amines) is 1. The topological polar surface area (TPSA) is 78.3 Å². The molecule has 2 heterocycles. The number of rotatable bonds is 10. The van der Waals surface area contributed by atoms with Crippen molar-refractivity contribution in [1.82, 2.24) is 14.8 Å². The van der Waals surface area contributed by atoms with Crippen LogP contribution in [0.25, 0.3) is 0 Å². The maximum Gasteiger partial charge on any atom is 0.124 e. The summed E-state index contributed by atoms with van der Waals surface area (Å²) in [5.41, 5.74) is 2.07. The summed E-state index contributed by atoms with van der Waals surface area (Å²) in [4.78, 5) is 8.90. The van der Waals surface area contributed by atoms with Gasteiger partial charge in [0.2, 0.25) is 0 Å². The number of thiazole rings is 1. The second-order valence-corrected chi connectivity index (χ2v) is 9.06. The van der Waals surface area contributed by atoms with Crippen LogP contribution in [0.4, 0.5) is 0 Å². The second kappa shape index (κ2) is 11.1. The van der Waals surface area contributed by atoms with Crippen LogP contribution in [0, 0.1) is 6.92 Å². The van der Waals surface area contributed by atoms with Gasteiger partial charge in [0.05, 0.1) is 23.9 Å². The number of aliphatic hydroxyl groups is 2. The number of ether oxygens (including phenoxy) is 2. The minimum atomic E-state index is -0.578. The van der Waals surface area contributed by atoms with E-state index >= 15 is 0 Å². The van der Waals surface area contributed by atoms with E-state index in [2.05, 4.69) is 27.2 Å². The first-order valence-corrected chi connectivity index (χ1v) is 11.3. The zero-order valence-corrected chi connectivity index (χ0v) is 18.9. The molecule has 1 atom stereocenters. The van der Waals surface area contributed by atoms with Crippen LogP contribution in [0.1, 0.15) is 29.1 Å². The van der Waals surface area contributed by atoms with Crippen LogP contribution < -0.4 is 9.47 Å². The van der Waals surface area contributed by atoms with Crippen LogP contribution in [0.5, 0.6) is 11.5 Å². The Morgan fingerprint density at radius 1 is 1.30 bits per heavy atom. The van der Waals surface area contributed by atoms with Gasteiger partial charge in [-0.25, -0.2) is 4.98 Å². The summed E-state index contributed by atoms with van der Waals surface area (Å²) in [5, 5.41) is 23.2. The highest BCUT2D eigenvalue weighted by molar-refractivity contribution is 7.09. The number of piperidine rings is 1. The number of aryl methyl sites for hydroxylation is 1. The number of aromatic nitrogens is 1. The van der Waals surface area contributed by atoms with Crippen LogP contribution in [-0.4, -0.2) is 77.6 Å². The monoisotopic (exact) mass is 435 g/mol. The Balaban J connectivity index is 1.57. The van der Waals surface area contributed by atoms with Gasteiger partial charge in [0, 0.05) is 43.7 Å². The van der Waals surface area contributed by atoms with Gasteiger partial charge >= 0.3 is 0 Å². The van der Waals surface area contributed by atoms with Crippen molar-refractivity contribution in [3.8, 4) is 11.5 Å². The lowest BCUT2D eigenvalue weighted by Gasteiger charge is -2.31. The van der Waals surface area contributed by atoms with E-state index in [1.807, 2.05) is 25.1 Å². The van der Waals surface area contributed by atoms with Crippen molar-refractivity contribution in [2.75, 3.05) is 40.4 Å². The van der Waals surface area contributed by atoms with Gasteiger partial charge < -0.3 is 24.6 Å². The molecule has 3 rings (SSSR count). The Kier molecular flexibility index (Phi) is 8.47. The molecule has 0 amide bonds. The molecule has 1 aromatic carbocycles. The molecule has 0 bridgehead atoms. The fourth-order valence-corrected chi connectivity index (χ4v) is 4.29. The molecule has 1 aromatic heterocycles. The quantitative estimate of drug-likeness (QED) is 0.593. The maximum atomic E-state index is 10.4. The molecule has 1 aliphatic heterocycles. The van der Waals surface area contributed by atoms with E-state index in [4.69, 9.17) is 9.47 Å². The summed E-state index contributed by atoms with van der Waals surface area (Å²) >= 11 is 1.66. The van der Waals surface area contributed by atoms with Crippen LogP contribution >= 0.6 is 11.3 Å². The van der Waals surface area contributed by atoms with Gasteiger partial charge in [-0.15, -0.1) is 11.3 Å².